The van der Waals surface area contributed by atoms with Crippen LogP contribution in [0.15, 0.2) is 59.7 Å². The lowest BCUT2D eigenvalue weighted by Crippen LogP contribution is -2.21. The number of hydrogen-bond donors (Lipinski definition) is 2. The number of hydrazone groups is 1. The van der Waals surface area contributed by atoms with Crippen molar-refractivity contribution in [1.29, 1.82) is 0 Å². The van der Waals surface area contributed by atoms with Crippen LogP contribution in [0.25, 0.3) is 11.1 Å². The van der Waals surface area contributed by atoms with E-state index in [-0.39, 0.29) is 12.3 Å². The van der Waals surface area contributed by atoms with Crippen molar-refractivity contribution in [3.63, 3.8) is 0 Å². The minimum atomic E-state index is -0.484. The first kappa shape index (κ1) is 15.4. The van der Waals surface area contributed by atoms with Gasteiger partial charge in [0.1, 0.15) is 0 Å². The summed E-state index contributed by atoms with van der Waals surface area (Å²) in [6.45, 7) is 1.63. The predicted molar refractivity (Wildman–Crippen MR) is 86.3 cm³/mol. The van der Waals surface area contributed by atoms with Gasteiger partial charge in [0.05, 0.1) is 6.42 Å². The second-order valence-electron chi connectivity index (χ2n) is 4.87. The zero-order chi connectivity index (χ0) is 15.9. The smallest absolute Gasteiger partial charge is 0.271 e. The van der Waals surface area contributed by atoms with Crippen LogP contribution in [0.5, 0.6) is 0 Å². The molecule has 0 heterocycles. The van der Waals surface area contributed by atoms with E-state index in [0.29, 0.717) is 11.3 Å². The van der Waals surface area contributed by atoms with Gasteiger partial charge >= 0.3 is 0 Å². The predicted octanol–water partition coefficient (Wildman–Crippen LogP) is 2.33. The van der Waals surface area contributed by atoms with Crippen LogP contribution >= 0.6 is 0 Å². The van der Waals surface area contributed by atoms with E-state index < -0.39 is 5.91 Å². The molecule has 0 radical (unpaired) electrons. The Hall–Kier alpha value is -2.95. The lowest BCUT2D eigenvalue weighted by molar-refractivity contribution is -0.116. The van der Waals surface area contributed by atoms with E-state index >= 15 is 0 Å². The second-order valence-corrected chi connectivity index (χ2v) is 4.87. The third-order valence-electron chi connectivity index (χ3n) is 3.03. The minimum Gasteiger partial charge on any atom is -0.369 e. The fourth-order valence-electron chi connectivity index (χ4n) is 1.95. The maximum atomic E-state index is 11.9. The summed E-state index contributed by atoms with van der Waals surface area (Å²) in [5, 5.41) is 3.84. The van der Waals surface area contributed by atoms with Gasteiger partial charge in [0, 0.05) is 11.3 Å². The molecule has 0 aliphatic rings. The monoisotopic (exact) mass is 295 g/mol. The summed E-state index contributed by atoms with van der Waals surface area (Å²) >= 11 is 0. The van der Waals surface area contributed by atoms with Gasteiger partial charge in [0.25, 0.3) is 5.91 Å². The fraction of sp³-hybridized carbons (Fsp3) is 0.118. The topological polar surface area (TPSA) is 84.6 Å². The molecule has 3 N–H and O–H groups in total. The van der Waals surface area contributed by atoms with Gasteiger partial charge in [0.15, 0.2) is 0 Å². The van der Waals surface area contributed by atoms with Crippen molar-refractivity contribution in [2.75, 3.05) is 0 Å². The van der Waals surface area contributed by atoms with Crippen LogP contribution in [0.4, 0.5) is 0 Å². The van der Waals surface area contributed by atoms with E-state index in [9.17, 15) is 9.59 Å². The number of carbonyl (C=O) groups is 2. The molecule has 22 heavy (non-hydrogen) atoms. The lowest BCUT2D eigenvalue weighted by atomic mass is 10.0. The summed E-state index contributed by atoms with van der Waals surface area (Å²) in [5.41, 5.74) is 10.5. The molecule has 112 valence electrons. The Balaban J connectivity index is 2.04. The Morgan fingerprint density at radius 3 is 2.18 bits per heavy atom. The molecule has 2 rings (SSSR count). The highest BCUT2D eigenvalue weighted by molar-refractivity contribution is 6.00. The van der Waals surface area contributed by atoms with E-state index in [0.717, 1.165) is 11.1 Å². The van der Waals surface area contributed by atoms with Gasteiger partial charge in [-0.25, -0.2) is 5.43 Å². The molecule has 0 aliphatic carbocycles. The molecule has 0 spiro atoms. The molecule has 0 bridgehead atoms. The third-order valence-corrected chi connectivity index (χ3v) is 3.03. The van der Waals surface area contributed by atoms with Crippen molar-refractivity contribution in [3.8, 4) is 11.1 Å². The second kappa shape index (κ2) is 7.17. The molecule has 0 aliphatic heterocycles. The number of rotatable bonds is 5. The van der Waals surface area contributed by atoms with Crippen LogP contribution in [0.1, 0.15) is 23.7 Å². The van der Waals surface area contributed by atoms with Crippen molar-refractivity contribution in [2.24, 2.45) is 10.8 Å². The molecular weight excluding hydrogens is 278 g/mol. The zero-order valence-electron chi connectivity index (χ0n) is 12.2. The Morgan fingerprint density at radius 2 is 1.59 bits per heavy atom. The van der Waals surface area contributed by atoms with Crippen LogP contribution in [-0.4, -0.2) is 17.5 Å². The minimum absolute atomic E-state index is 0.0211. The Kier molecular flexibility index (Phi) is 5.03. The normalized spacial score (nSPS) is 11.0. The van der Waals surface area contributed by atoms with Crippen molar-refractivity contribution in [3.05, 3.63) is 60.2 Å². The van der Waals surface area contributed by atoms with Gasteiger partial charge in [0.2, 0.25) is 5.91 Å². The van der Waals surface area contributed by atoms with Crippen molar-refractivity contribution >= 4 is 17.5 Å². The van der Waals surface area contributed by atoms with Crippen LogP contribution < -0.4 is 11.2 Å². The number of primary amides is 1. The first-order chi connectivity index (χ1) is 10.6. The van der Waals surface area contributed by atoms with E-state index in [1.54, 1.807) is 19.1 Å². The molecule has 2 aromatic rings. The van der Waals surface area contributed by atoms with E-state index in [2.05, 4.69) is 10.5 Å². The molecule has 0 aromatic heterocycles. The van der Waals surface area contributed by atoms with Crippen LogP contribution in [0.3, 0.4) is 0 Å². The number of nitrogens with one attached hydrogen (secondary N) is 1. The summed E-state index contributed by atoms with van der Waals surface area (Å²) in [5.74, 6) is -0.814. The molecule has 0 atom stereocenters. The molecule has 0 saturated heterocycles. The highest BCUT2D eigenvalue weighted by Gasteiger charge is 2.06. The standard InChI is InChI=1S/C17H17N3O2/c1-12(11-16(18)21)19-20-17(22)15-9-7-14(8-10-15)13-5-3-2-4-6-13/h2-10H,11H2,1H3,(H2,18,21)(H,20,22)/b19-12+. The SMILES string of the molecule is C/C(CC(N)=O)=N\NC(=O)c1ccc(-c2ccccc2)cc1. The fourth-order valence-corrected chi connectivity index (χ4v) is 1.95. The molecule has 2 aromatic carbocycles. The number of hydrogen-bond acceptors (Lipinski definition) is 3. The van der Waals surface area contributed by atoms with Crippen molar-refractivity contribution in [2.45, 2.75) is 13.3 Å². The van der Waals surface area contributed by atoms with Gasteiger partial charge in [-0.05, 0) is 30.2 Å². The molecule has 5 nitrogen and oxygen atoms in total. The highest BCUT2D eigenvalue weighted by atomic mass is 16.2. The van der Waals surface area contributed by atoms with Crippen LogP contribution in [0, 0.1) is 0 Å². The number of amides is 2. The maximum Gasteiger partial charge on any atom is 0.271 e. The molecule has 0 saturated carbocycles. The maximum absolute atomic E-state index is 11.9. The molecule has 5 heteroatoms. The van der Waals surface area contributed by atoms with Gasteiger partial charge in [-0.15, -0.1) is 0 Å². The average Bonchev–Trinajstić information content (AvgIpc) is 2.53. The highest BCUT2D eigenvalue weighted by Crippen LogP contribution is 2.19. The zero-order valence-corrected chi connectivity index (χ0v) is 12.2. The Labute approximate surface area is 128 Å². The largest absolute Gasteiger partial charge is 0.369 e. The van der Waals surface area contributed by atoms with E-state index in [1.165, 1.54) is 0 Å². The average molecular weight is 295 g/mol. The first-order valence-corrected chi connectivity index (χ1v) is 6.83. The van der Waals surface area contributed by atoms with Gasteiger partial charge in [-0.1, -0.05) is 42.5 Å². The molecule has 2 amide bonds. The molecular formula is C17H17N3O2. The Morgan fingerprint density at radius 1 is 1.00 bits per heavy atom. The number of nitrogens with zero attached hydrogens (tertiary/aromatic N) is 1. The molecule has 0 unspecified atom stereocenters. The third kappa shape index (κ3) is 4.28. The summed E-state index contributed by atoms with van der Waals surface area (Å²) in [6.07, 6.45) is 0.0211. The van der Waals surface area contributed by atoms with Gasteiger partial charge < -0.3 is 5.73 Å². The summed E-state index contributed by atoms with van der Waals surface area (Å²) in [6, 6.07) is 17.1. The van der Waals surface area contributed by atoms with E-state index in [1.807, 2.05) is 42.5 Å². The number of nitrogens with two attached hydrogens (primary N) is 1. The van der Waals surface area contributed by atoms with Crippen LogP contribution in [-0.2, 0) is 4.79 Å². The summed E-state index contributed by atoms with van der Waals surface area (Å²) in [7, 11) is 0. The number of benzene rings is 2. The first-order valence-electron chi connectivity index (χ1n) is 6.83. The van der Waals surface area contributed by atoms with Crippen molar-refractivity contribution < 1.29 is 9.59 Å². The summed E-state index contributed by atoms with van der Waals surface area (Å²) in [4.78, 5) is 22.7. The molecule has 0 fully saturated rings. The Bertz CT molecular complexity index is 692. The van der Waals surface area contributed by atoms with Gasteiger partial charge in [-0.2, -0.15) is 5.10 Å². The van der Waals surface area contributed by atoms with Gasteiger partial charge in [-0.3, -0.25) is 9.59 Å². The number of carbonyl (C=O) groups excluding carboxylic acids is 2. The van der Waals surface area contributed by atoms with Crippen LogP contribution in [0.2, 0.25) is 0 Å². The summed E-state index contributed by atoms with van der Waals surface area (Å²) < 4.78 is 0. The van der Waals surface area contributed by atoms with Crippen molar-refractivity contribution in [1.82, 2.24) is 5.43 Å². The lowest BCUT2D eigenvalue weighted by Gasteiger charge is -2.04. The van der Waals surface area contributed by atoms with E-state index in [4.69, 9.17) is 5.73 Å². The quantitative estimate of drug-likeness (QED) is 0.655.